The van der Waals surface area contributed by atoms with Gasteiger partial charge in [0.15, 0.2) is 5.66 Å². The number of nitrogens with one attached hydrogen (secondary N) is 3. The number of nitrogens with zero attached hydrogens (tertiary/aromatic N) is 2. The molecule has 0 unspecified atom stereocenters. The smallest absolute Gasteiger partial charge is 0.350 e. The number of amides is 1. The highest BCUT2D eigenvalue weighted by Crippen LogP contribution is 2.36. The van der Waals surface area contributed by atoms with Crippen molar-refractivity contribution < 1.29 is 13.6 Å². The molecular weight excluding hydrogens is 312 g/mol. The largest absolute Gasteiger partial charge is 0.356 e. The third kappa shape index (κ3) is 3.68. The monoisotopic (exact) mass is 325 g/mol. The van der Waals surface area contributed by atoms with Gasteiger partial charge in [-0.05, 0) is 0 Å². The number of aromatic nitrogens is 2. The number of aromatic amines is 2. The van der Waals surface area contributed by atoms with Crippen LogP contribution in [0, 0.1) is 12.3 Å². The quantitative estimate of drug-likeness (QED) is 0.623. The molecule has 0 saturated heterocycles. The van der Waals surface area contributed by atoms with E-state index in [1.54, 1.807) is 4.98 Å². The molecule has 0 bridgehead atoms. The number of alkyl halides is 2. The molecule has 1 aliphatic rings. The SMILES string of the molecule is C#CCCC1(CCNC(=O)C(F)(F)c2c[nH]c(=O)[nH]c2=O)N=N1. The summed E-state index contributed by atoms with van der Waals surface area (Å²) in [5.41, 5.74) is -4.11. The Bertz CT molecular complexity index is 784. The van der Waals surface area contributed by atoms with Gasteiger partial charge >= 0.3 is 11.6 Å². The Morgan fingerprint density at radius 2 is 2.09 bits per heavy atom. The van der Waals surface area contributed by atoms with Gasteiger partial charge in [-0.1, -0.05) is 0 Å². The van der Waals surface area contributed by atoms with E-state index in [1.807, 2.05) is 10.3 Å². The topological polar surface area (TPSA) is 120 Å². The van der Waals surface area contributed by atoms with E-state index < -0.39 is 34.3 Å². The Balaban J connectivity index is 1.96. The summed E-state index contributed by atoms with van der Waals surface area (Å²) in [5, 5.41) is 9.65. The highest BCUT2D eigenvalue weighted by molar-refractivity contribution is 5.84. The Morgan fingerprint density at radius 1 is 1.39 bits per heavy atom. The zero-order chi connectivity index (χ0) is 17.1. The molecule has 0 fully saturated rings. The molecule has 1 aromatic rings. The first-order valence-corrected chi connectivity index (χ1v) is 6.67. The van der Waals surface area contributed by atoms with E-state index >= 15 is 0 Å². The normalized spacial score (nSPS) is 15.0. The van der Waals surface area contributed by atoms with Crippen LogP contribution in [0.15, 0.2) is 26.0 Å². The fourth-order valence-corrected chi connectivity index (χ4v) is 1.92. The maximum atomic E-state index is 14.0. The van der Waals surface area contributed by atoms with Crippen LogP contribution in [0.5, 0.6) is 0 Å². The average Bonchev–Trinajstić information content (AvgIpc) is 3.25. The van der Waals surface area contributed by atoms with Crippen molar-refractivity contribution in [2.24, 2.45) is 10.2 Å². The van der Waals surface area contributed by atoms with Crippen LogP contribution in [-0.2, 0) is 10.7 Å². The van der Waals surface area contributed by atoms with Gasteiger partial charge in [-0.3, -0.25) is 14.6 Å². The second-order valence-electron chi connectivity index (χ2n) is 4.95. The highest BCUT2D eigenvalue weighted by atomic mass is 19.3. The van der Waals surface area contributed by atoms with E-state index in [0.29, 0.717) is 19.0 Å². The molecular formula is C13H13F2N5O3. The zero-order valence-electron chi connectivity index (χ0n) is 11.9. The minimum Gasteiger partial charge on any atom is -0.350 e. The zero-order valence-corrected chi connectivity index (χ0v) is 11.9. The summed E-state index contributed by atoms with van der Waals surface area (Å²) in [6.45, 7) is -0.104. The highest BCUT2D eigenvalue weighted by Gasteiger charge is 2.44. The Kier molecular flexibility index (Phi) is 4.40. The molecule has 1 amide bonds. The molecule has 3 N–H and O–H groups in total. The van der Waals surface area contributed by atoms with Gasteiger partial charge in [-0.15, -0.1) is 12.3 Å². The summed E-state index contributed by atoms with van der Waals surface area (Å²) in [6, 6.07) is 0. The molecule has 1 aliphatic heterocycles. The van der Waals surface area contributed by atoms with E-state index in [1.165, 1.54) is 0 Å². The maximum absolute atomic E-state index is 14.0. The van der Waals surface area contributed by atoms with Gasteiger partial charge < -0.3 is 10.3 Å². The van der Waals surface area contributed by atoms with Crippen molar-refractivity contribution in [1.29, 1.82) is 0 Å². The fourth-order valence-electron chi connectivity index (χ4n) is 1.92. The summed E-state index contributed by atoms with van der Waals surface area (Å²) in [7, 11) is 0. The standard InChI is InChI=1S/C13H13F2N5O3/c1-2-3-4-12(19-20-12)5-6-16-10(22)13(14,15)8-7-17-11(23)18-9(8)21/h1,7H,3-6H2,(H,16,22)(H2,17,18,21,23). The van der Waals surface area contributed by atoms with Crippen molar-refractivity contribution >= 4 is 5.91 Å². The van der Waals surface area contributed by atoms with Crippen LogP contribution in [0.25, 0.3) is 0 Å². The third-order valence-corrected chi connectivity index (χ3v) is 3.31. The number of hydrogen-bond acceptors (Lipinski definition) is 5. The number of halogens is 2. The third-order valence-electron chi connectivity index (χ3n) is 3.31. The van der Waals surface area contributed by atoms with Gasteiger partial charge in [0.05, 0.1) is 0 Å². The lowest BCUT2D eigenvalue weighted by atomic mass is 10.0. The minimum atomic E-state index is -4.08. The average molecular weight is 325 g/mol. The number of carbonyl (C=O) groups is 1. The van der Waals surface area contributed by atoms with Crippen LogP contribution in [0.2, 0.25) is 0 Å². The van der Waals surface area contributed by atoms with Crippen LogP contribution in [0.3, 0.4) is 0 Å². The lowest BCUT2D eigenvalue weighted by Crippen LogP contribution is -2.43. The van der Waals surface area contributed by atoms with Gasteiger partial charge in [-0.2, -0.15) is 19.0 Å². The lowest BCUT2D eigenvalue weighted by Gasteiger charge is -2.16. The number of H-pyrrole nitrogens is 2. The van der Waals surface area contributed by atoms with Crippen molar-refractivity contribution in [3.05, 3.63) is 32.6 Å². The van der Waals surface area contributed by atoms with Crippen molar-refractivity contribution in [3.8, 4) is 12.3 Å². The fraction of sp³-hybridized carbons (Fsp3) is 0.462. The summed E-state index contributed by atoms with van der Waals surface area (Å²) in [6.07, 6.45) is 6.79. The number of carbonyl (C=O) groups excluding carboxylic acids is 1. The number of hydrogen-bond donors (Lipinski definition) is 3. The van der Waals surface area contributed by atoms with Crippen LogP contribution >= 0.6 is 0 Å². The number of rotatable bonds is 7. The van der Waals surface area contributed by atoms with Crippen molar-refractivity contribution in [3.63, 3.8) is 0 Å². The predicted molar refractivity (Wildman–Crippen MR) is 74.9 cm³/mol. The summed E-state index contributed by atoms with van der Waals surface area (Å²) in [4.78, 5) is 37.3. The van der Waals surface area contributed by atoms with E-state index in [9.17, 15) is 23.2 Å². The molecule has 0 saturated carbocycles. The van der Waals surface area contributed by atoms with Crippen molar-refractivity contribution in [2.75, 3.05) is 6.54 Å². The van der Waals surface area contributed by atoms with E-state index in [-0.39, 0.29) is 13.0 Å². The van der Waals surface area contributed by atoms with Crippen LogP contribution < -0.4 is 16.6 Å². The van der Waals surface area contributed by atoms with Gasteiger partial charge in [0.1, 0.15) is 5.56 Å². The summed E-state index contributed by atoms with van der Waals surface area (Å²) in [5.74, 6) is -3.31. The Morgan fingerprint density at radius 3 is 2.65 bits per heavy atom. The molecule has 0 atom stereocenters. The number of terminal acetylenes is 1. The van der Waals surface area contributed by atoms with Crippen molar-refractivity contribution in [1.82, 2.24) is 15.3 Å². The summed E-state index contributed by atoms with van der Waals surface area (Å²) < 4.78 is 27.9. The first kappa shape index (κ1) is 16.5. The van der Waals surface area contributed by atoms with Crippen LogP contribution in [0.4, 0.5) is 8.78 Å². The predicted octanol–water partition coefficient (Wildman–Crippen LogP) is 0.237. The van der Waals surface area contributed by atoms with Gasteiger partial charge in [0, 0.05) is 32.0 Å². The van der Waals surface area contributed by atoms with Gasteiger partial charge in [0.2, 0.25) is 0 Å². The molecule has 2 rings (SSSR count). The molecule has 0 radical (unpaired) electrons. The lowest BCUT2D eigenvalue weighted by molar-refractivity contribution is -0.147. The Hall–Kier alpha value is -2.83. The van der Waals surface area contributed by atoms with Crippen LogP contribution in [0.1, 0.15) is 24.8 Å². The molecule has 2 heterocycles. The van der Waals surface area contributed by atoms with Crippen molar-refractivity contribution in [2.45, 2.75) is 30.8 Å². The van der Waals surface area contributed by atoms with Crippen LogP contribution in [-0.4, -0.2) is 28.1 Å². The Labute approximate surface area is 128 Å². The first-order chi connectivity index (χ1) is 10.8. The molecule has 1 aromatic heterocycles. The summed E-state index contributed by atoms with van der Waals surface area (Å²) >= 11 is 0. The second kappa shape index (κ2) is 6.12. The van der Waals surface area contributed by atoms with E-state index in [0.717, 1.165) is 0 Å². The molecule has 8 nitrogen and oxygen atoms in total. The first-order valence-electron chi connectivity index (χ1n) is 6.67. The maximum Gasteiger partial charge on any atom is 0.356 e. The molecule has 0 aliphatic carbocycles. The molecule has 122 valence electrons. The molecule has 0 spiro atoms. The van der Waals surface area contributed by atoms with Gasteiger partial charge in [-0.25, -0.2) is 4.79 Å². The second-order valence-corrected chi connectivity index (χ2v) is 4.95. The minimum absolute atomic E-state index is 0.104. The van der Waals surface area contributed by atoms with Gasteiger partial charge in [0.25, 0.3) is 11.5 Å². The van der Waals surface area contributed by atoms with E-state index in [2.05, 4.69) is 16.1 Å². The molecule has 23 heavy (non-hydrogen) atoms. The molecule has 0 aromatic carbocycles. The molecule has 10 heteroatoms. The van der Waals surface area contributed by atoms with E-state index in [4.69, 9.17) is 6.42 Å².